The summed E-state index contributed by atoms with van der Waals surface area (Å²) in [5.74, 6) is 0. The Kier molecular flexibility index (Phi) is 6.24. The SMILES string of the molecule is COS(=O)(=O)[O-].Cc1c[n+](C)c(N=Nc2c(C)n(C)c3ccccc23)s1. The van der Waals surface area contributed by atoms with Crippen molar-refractivity contribution in [3.8, 4) is 0 Å². The highest BCUT2D eigenvalue weighted by atomic mass is 32.3. The van der Waals surface area contributed by atoms with E-state index < -0.39 is 10.4 Å². The van der Waals surface area contributed by atoms with Crippen molar-refractivity contribution in [3.63, 3.8) is 0 Å². The Hall–Kier alpha value is -2.14. The van der Waals surface area contributed by atoms with Crippen LogP contribution in [0.5, 0.6) is 0 Å². The summed E-state index contributed by atoms with van der Waals surface area (Å²) in [7, 11) is 0.451. The van der Waals surface area contributed by atoms with Gasteiger partial charge in [-0.1, -0.05) is 18.2 Å². The summed E-state index contributed by atoms with van der Waals surface area (Å²) in [6, 6.07) is 8.29. The van der Waals surface area contributed by atoms with Gasteiger partial charge in [-0.2, -0.15) is 0 Å². The van der Waals surface area contributed by atoms with Crippen molar-refractivity contribution in [2.24, 2.45) is 24.3 Å². The molecule has 0 N–H and O–H groups in total. The van der Waals surface area contributed by atoms with Crippen LogP contribution in [0, 0.1) is 13.8 Å². The summed E-state index contributed by atoms with van der Waals surface area (Å²) in [5, 5.41) is 11.0. The molecular weight excluding hydrogens is 376 g/mol. The topological polar surface area (TPSA) is 100.0 Å². The predicted molar refractivity (Wildman–Crippen MR) is 98.8 cm³/mol. The highest BCUT2D eigenvalue weighted by Crippen LogP contribution is 2.33. The molecule has 2 aromatic heterocycles. The van der Waals surface area contributed by atoms with Gasteiger partial charge in [0.2, 0.25) is 10.4 Å². The van der Waals surface area contributed by atoms with Crippen LogP contribution in [0.2, 0.25) is 0 Å². The summed E-state index contributed by atoms with van der Waals surface area (Å²) in [5.41, 5.74) is 3.27. The third kappa shape index (κ3) is 4.73. The molecule has 0 amide bonds. The largest absolute Gasteiger partial charge is 0.726 e. The summed E-state index contributed by atoms with van der Waals surface area (Å²) >= 11 is 1.65. The quantitative estimate of drug-likeness (QED) is 0.294. The highest BCUT2D eigenvalue weighted by molar-refractivity contribution is 7.80. The number of rotatable bonds is 3. The minimum absolute atomic E-state index is 0.808. The van der Waals surface area contributed by atoms with Crippen LogP contribution in [0.1, 0.15) is 10.6 Å². The molecule has 10 heteroatoms. The highest BCUT2D eigenvalue weighted by Gasteiger charge is 2.15. The van der Waals surface area contributed by atoms with Crippen LogP contribution in [0.3, 0.4) is 0 Å². The van der Waals surface area contributed by atoms with Gasteiger partial charge in [-0.3, -0.25) is 4.18 Å². The molecule has 0 fully saturated rings. The van der Waals surface area contributed by atoms with E-state index in [2.05, 4.69) is 58.2 Å². The minimum Gasteiger partial charge on any atom is -0.726 e. The molecule has 0 aliphatic carbocycles. The second-order valence-corrected chi connectivity index (χ2v) is 7.88. The zero-order chi connectivity index (χ0) is 19.5. The molecule has 0 atom stereocenters. The van der Waals surface area contributed by atoms with Gasteiger partial charge in [0.1, 0.15) is 11.9 Å². The molecule has 0 aliphatic rings. The molecule has 1 aromatic carbocycles. The van der Waals surface area contributed by atoms with Gasteiger partial charge >= 0.3 is 5.13 Å². The lowest BCUT2D eigenvalue weighted by Gasteiger charge is -1.98. The molecule has 3 aromatic rings. The summed E-state index contributed by atoms with van der Waals surface area (Å²) < 4.78 is 35.2. The van der Waals surface area contributed by atoms with Gasteiger partial charge in [-0.15, -0.1) is 0 Å². The Bertz CT molecular complexity index is 1050. The average Bonchev–Trinajstić information content (AvgIpc) is 3.03. The monoisotopic (exact) mass is 396 g/mol. The second-order valence-electron chi connectivity index (χ2n) is 5.52. The smallest absolute Gasteiger partial charge is 0.408 e. The Balaban J connectivity index is 0.000000352. The molecule has 0 radical (unpaired) electrons. The van der Waals surface area contributed by atoms with E-state index in [4.69, 9.17) is 0 Å². The molecule has 2 heterocycles. The maximum absolute atomic E-state index is 9.22. The number of hydrogen-bond acceptors (Lipinski definition) is 7. The van der Waals surface area contributed by atoms with Crippen molar-refractivity contribution >= 4 is 43.5 Å². The van der Waals surface area contributed by atoms with E-state index in [9.17, 15) is 13.0 Å². The van der Waals surface area contributed by atoms with Crippen LogP contribution in [0.25, 0.3) is 10.9 Å². The Morgan fingerprint density at radius 2 is 1.85 bits per heavy atom. The van der Waals surface area contributed by atoms with E-state index in [1.807, 2.05) is 23.7 Å². The van der Waals surface area contributed by atoms with E-state index in [0.29, 0.717) is 0 Å². The maximum atomic E-state index is 9.22. The van der Waals surface area contributed by atoms with E-state index in [0.717, 1.165) is 29.0 Å². The summed E-state index contributed by atoms with van der Waals surface area (Å²) in [4.78, 5) is 1.23. The lowest BCUT2D eigenvalue weighted by atomic mass is 10.2. The van der Waals surface area contributed by atoms with Crippen molar-refractivity contribution in [1.82, 2.24) is 4.57 Å². The fourth-order valence-corrected chi connectivity index (χ4v) is 3.16. The Morgan fingerprint density at radius 1 is 1.23 bits per heavy atom. The average molecular weight is 396 g/mol. The van der Waals surface area contributed by atoms with Gasteiger partial charge in [0.05, 0.1) is 24.8 Å². The van der Waals surface area contributed by atoms with E-state index in [1.54, 1.807) is 11.3 Å². The standard InChI is InChI=1S/C15H17N4S.CH4O4S/c1-10-9-18(3)15(20-10)17-16-14-11(2)19(4)13-8-6-5-7-12(13)14;1-5-6(2,3)4/h5-9H,1-4H3;1H3,(H,2,3,4)/q+1;/p-1. The molecule has 0 saturated heterocycles. The van der Waals surface area contributed by atoms with Crippen molar-refractivity contribution in [1.29, 1.82) is 0 Å². The third-order valence-electron chi connectivity index (χ3n) is 3.74. The first-order valence-corrected chi connectivity index (χ1v) is 9.72. The summed E-state index contributed by atoms with van der Waals surface area (Å²) in [6.45, 7) is 4.15. The zero-order valence-electron chi connectivity index (χ0n) is 15.1. The van der Waals surface area contributed by atoms with Crippen molar-refractivity contribution in [2.75, 3.05) is 7.11 Å². The predicted octanol–water partition coefficient (Wildman–Crippen LogP) is 3.19. The number of aromatic nitrogens is 2. The molecule has 0 aliphatic heterocycles. The second kappa shape index (κ2) is 8.04. The van der Waals surface area contributed by atoms with E-state index >= 15 is 0 Å². The molecule has 8 nitrogen and oxygen atoms in total. The van der Waals surface area contributed by atoms with Gasteiger partial charge in [0, 0.05) is 23.0 Å². The fourth-order valence-electron chi connectivity index (χ4n) is 2.38. The maximum Gasteiger partial charge on any atom is 0.408 e. The molecule has 26 heavy (non-hydrogen) atoms. The molecule has 0 spiro atoms. The molecule has 0 unspecified atom stereocenters. The van der Waals surface area contributed by atoms with Crippen LogP contribution >= 0.6 is 11.3 Å². The molecule has 0 saturated carbocycles. The lowest BCUT2D eigenvalue weighted by molar-refractivity contribution is -0.654. The van der Waals surface area contributed by atoms with Crippen LogP contribution in [-0.2, 0) is 28.7 Å². The number of fused-ring (bicyclic) bond motifs is 1. The number of benzene rings is 1. The van der Waals surface area contributed by atoms with Crippen LogP contribution in [-0.4, -0.2) is 24.6 Å². The number of azo groups is 1. The van der Waals surface area contributed by atoms with E-state index in [1.165, 1.54) is 10.4 Å². The third-order valence-corrected chi connectivity index (χ3v) is 5.12. The van der Waals surface area contributed by atoms with Gasteiger partial charge < -0.3 is 9.12 Å². The first-order chi connectivity index (χ1) is 12.1. The van der Waals surface area contributed by atoms with Crippen molar-refractivity contribution in [3.05, 3.63) is 41.0 Å². The lowest BCUT2D eigenvalue weighted by Crippen LogP contribution is -2.23. The van der Waals surface area contributed by atoms with Crippen LogP contribution in [0.15, 0.2) is 40.7 Å². The van der Waals surface area contributed by atoms with Gasteiger partial charge in [-0.05, 0) is 36.4 Å². The Morgan fingerprint density at radius 3 is 2.38 bits per heavy atom. The number of hydrogen-bond donors (Lipinski definition) is 0. The number of thiazole rings is 1. The number of aryl methyl sites for hydroxylation is 3. The number of nitrogens with zero attached hydrogens (tertiary/aromatic N) is 4. The molecular formula is C16H20N4O4S2. The van der Waals surface area contributed by atoms with Crippen molar-refractivity contribution < 1.29 is 21.7 Å². The fraction of sp³-hybridized carbons (Fsp3) is 0.312. The van der Waals surface area contributed by atoms with Crippen molar-refractivity contribution in [2.45, 2.75) is 13.8 Å². The van der Waals surface area contributed by atoms with Gasteiger partial charge in [0.25, 0.3) is 0 Å². The Labute approximate surface area is 156 Å². The molecule has 0 bridgehead atoms. The first kappa shape index (κ1) is 20.2. The van der Waals surface area contributed by atoms with Gasteiger partial charge in [0.15, 0.2) is 0 Å². The minimum atomic E-state index is -4.41. The van der Waals surface area contributed by atoms with E-state index in [-0.39, 0.29) is 0 Å². The van der Waals surface area contributed by atoms with Crippen LogP contribution < -0.4 is 4.57 Å². The molecule has 3 rings (SSSR count). The zero-order valence-corrected chi connectivity index (χ0v) is 16.8. The van der Waals surface area contributed by atoms with Gasteiger partial charge in [-0.25, -0.2) is 13.0 Å². The normalized spacial score (nSPS) is 11.8. The summed E-state index contributed by atoms with van der Waals surface area (Å²) in [6.07, 6.45) is 2.06. The molecule has 140 valence electrons. The number of para-hydroxylation sites is 1. The van der Waals surface area contributed by atoms with Crippen LogP contribution in [0.4, 0.5) is 10.8 Å². The first-order valence-electron chi connectivity index (χ1n) is 7.57.